The molecule has 0 bridgehead atoms. The van der Waals surface area contributed by atoms with E-state index in [1.165, 1.54) is 6.42 Å². The molecule has 1 N–H and O–H groups in total. The highest BCUT2D eigenvalue weighted by Crippen LogP contribution is 2.49. The zero-order valence-electron chi connectivity index (χ0n) is 18.1. The summed E-state index contributed by atoms with van der Waals surface area (Å²) in [6.45, 7) is 8.57. The second-order valence-corrected chi connectivity index (χ2v) is 9.55. The third-order valence-electron chi connectivity index (χ3n) is 6.10. The van der Waals surface area contributed by atoms with Crippen LogP contribution in [-0.2, 0) is 0 Å². The molecule has 2 fully saturated rings. The van der Waals surface area contributed by atoms with Gasteiger partial charge in [-0.05, 0) is 98.9 Å². The van der Waals surface area contributed by atoms with E-state index < -0.39 is 0 Å². The summed E-state index contributed by atoms with van der Waals surface area (Å²) in [4.78, 5) is 14.3. The Kier molecular flexibility index (Phi) is 5.92. The van der Waals surface area contributed by atoms with Crippen LogP contribution in [0.25, 0.3) is 5.69 Å². The van der Waals surface area contributed by atoms with Crippen LogP contribution < -0.4 is 10.1 Å². The van der Waals surface area contributed by atoms with Crippen molar-refractivity contribution in [3.63, 3.8) is 0 Å². The van der Waals surface area contributed by atoms with Gasteiger partial charge in [0.05, 0.1) is 12.3 Å². The third-order valence-corrected chi connectivity index (χ3v) is 6.10. The number of hydrogen-bond acceptors (Lipinski definition) is 5. The van der Waals surface area contributed by atoms with Gasteiger partial charge in [-0.1, -0.05) is 0 Å². The van der Waals surface area contributed by atoms with Crippen molar-refractivity contribution in [1.82, 2.24) is 30.4 Å². The summed E-state index contributed by atoms with van der Waals surface area (Å²) in [6.07, 6.45) is 6.23. The first kappa shape index (κ1) is 20.6. The second-order valence-electron chi connectivity index (χ2n) is 9.55. The topological polar surface area (TPSA) is 85.2 Å². The second kappa shape index (κ2) is 8.62. The van der Waals surface area contributed by atoms with E-state index >= 15 is 0 Å². The lowest BCUT2D eigenvalue weighted by molar-refractivity contribution is 0.155. The van der Waals surface area contributed by atoms with Crippen LogP contribution in [0.1, 0.15) is 46.5 Å². The number of piperidine rings is 1. The van der Waals surface area contributed by atoms with Gasteiger partial charge < -0.3 is 15.0 Å². The Morgan fingerprint density at radius 2 is 1.93 bits per heavy atom. The lowest BCUT2D eigenvalue weighted by Gasteiger charge is -2.34. The maximum atomic E-state index is 12.3. The lowest BCUT2D eigenvalue weighted by atomic mass is 9.90. The Labute approximate surface area is 178 Å². The molecule has 1 aliphatic heterocycles. The summed E-state index contributed by atoms with van der Waals surface area (Å²) in [5.41, 5.74) is 0.737. The Balaban J connectivity index is 1.15. The largest absolute Gasteiger partial charge is 0.494 e. The van der Waals surface area contributed by atoms with Crippen molar-refractivity contribution in [2.45, 2.75) is 52.0 Å². The van der Waals surface area contributed by atoms with Crippen molar-refractivity contribution in [1.29, 1.82) is 0 Å². The summed E-state index contributed by atoms with van der Waals surface area (Å²) >= 11 is 0. The monoisotopic (exact) mass is 412 g/mol. The summed E-state index contributed by atoms with van der Waals surface area (Å²) in [5.74, 6) is 3.21. The first-order valence-corrected chi connectivity index (χ1v) is 10.9. The molecule has 30 heavy (non-hydrogen) atoms. The maximum Gasteiger partial charge on any atom is 0.317 e. The molecule has 0 spiro atoms. The van der Waals surface area contributed by atoms with Crippen molar-refractivity contribution in [2.75, 3.05) is 19.7 Å². The molecule has 2 heterocycles. The normalized spacial score (nSPS) is 22.0. The number of benzene rings is 1. The van der Waals surface area contributed by atoms with Gasteiger partial charge in [0, 0.05) is 18.6 Å². The number of aromatic nitrogens is 4. The predicted molar refractivity (Wildman–Crippen MR) is 113 cm³/mol. The van der Waals surface area contributed by atoms with E-state index in [0.29, 0.717) is 0 Å². The van der Waals surface area contributed by atoms with Gasteiger partial charge in [0.2, 0.25) is 0 Å². The van der Waals surface area contributed by atoms with Crippen LogP contribution in [0.4, 0.5) is 4.79 Å². The molecule has 2 amide bonds. The molecule has 1 aromatic heterocycles. The number of rotatable bonds is 6. The van der Waals surface area contributed by atoms with Gasteiger partial charge in [-0.3, -0.25) is 0 Å². The Morgan fingerprint density at radius 3 is 2.57 bits per heavy atom. The Morgan fingerprint density at radius 1 is 1.20 bits per heavy atom. The molecule has 1 saturated carbocycles. The quantitative estimate of drug-likeness (QED) is 0.787. The standard InChI is InChI=1S/C22H32N6O2/c1-22(2,3)24-21(29)27-11-8-16(9-12-27)20-14-17(20)10-13-30-19-6-4-18(5-7-19)28-15-23-25-26-28/h4-7,15-17,20H,8-14H2,1-3H3,(H,24,29)/t17-,20-/m1/s1. The fourth-order valence-corrected chi connectivity index (χ4v) is 4.41. The number of hydrogen-bond donors (Lipinski definition) is 1. The van der Waals surface area contributed by atoms with Crippen molar-refractivity contribution in [2.24, 2.45) is 17.8 Å². The molecule has 0 unspecified atom stereocenters. The number of carbonyl (C=O) groups is 1. The first-order chi connectivity index (χ1) is 14.4. The number of carbonyl (C=O) groups excluding carboxylic acids is 1. The van der Waals surface area contributed by atoms with Gasteiger partial charge in [-0.25, -0.2) is 9.48 Å². The van der Waals surface area contributed by atoms with E-state index in [-0.39, 0.29) is 11.6 Å². The number of nitrogens with zero attached hydrogens (tertiary/aromatic N) is 5. The number of amides is 2. The maximum absolute atomic E-state index is 12.3. The minimum Gasteiger partial charge on any atom is -0.494 e. The predicted octanol–water partition coefficient (Wildman–Crippen LogP) is 3.29. The van der Waals surface area contributed by atoms with Crippen LogP contribution in [0.2, 0.25) is 0 Å². The third kappa shape index (κ3) is 5.29. The Hall–Kier alpha value is -2.64. The fraction of sp³-hybridized carbons (Fsp3) is 0.636. The highest BCUT2D eigenvalue weighted by molar-refractivity contribution is 5.75. The van der Waals surface area contributed by atoms with Crippen LogP contribution in [0.15, 0.2) is 30.6 Å². The van der Waals surface area contributed by atoms with Gasteiger partial charge in [0.1, 0.15) is 12.1 Å². The zero-order chi connectivity index (χ0) is 21.1. The number of nitrogens with one attached hydrogen (secondary N) is 1. The highest BCUT2D eigenvalue weighted by Gasteiger charge is 2.43. The number of urea groups is 1. The summed E-state index contributed by atoms with van der Waals surface area (Å²) in [5, 5.41) is 14.2. The molecule has 2 atom stereocenters. The van der Waals surface area contributed by atoms with Crippen LogP contribution in [0.3, 0.4) is 0 Å². The SMILES string of the molecule is CC(C)(C)NC(=O)N1CCC([C@H]2C[C@H]2CCOc2ccc(-n3cnnn3)cc2)CC1. The smallest absolute Gasteiger partial charge is 0.317 e. The van der Waals surface area contributed by atoms with E-state index in [2.05, 4.69) is 20.8 Å². The van der Waals surface area contributed by atoms with Gasteiger partial charge in [-0.2, -0.15) is 0 Å². The van der Waals surface area contributed by atoms with Crippen molar-refractivity contribution < 1.29 is 9.53 Å². The lowest BCUT2D eigenvalue weighted by Crippen LogP contribution is -2.50. The molecular formula is C22H32N6O2. The molecule has 4 rings (SSSR count). The molecule has 1 aliphatic carbocycles. The van der Waals surface area contributed by atoms with Crippen LogP contribution in [0, 0.1) is 17.8 Å². The zero-order valence-corrected chi connectivity index (χ0v) is 18.1. The molecule has 0 radical (unpaired) electrons. The number of likely N-dealkylation sites (tertiary alicyclic amines) is 1. The van der Waals surface area contributed by atoms with Crippen LogP contribution in [0.5, 0.6) is 5.75 Å². The fourth-order valence-electron chi connectivity index (χ4n) is 4.41. The van der Waals surface area contributed by atoms with Crippen molar-refractivity contribution >= 4 is 6.03 Å². The van der Waals surface area contributed by atoms with E-state index in [1.807, 2.05) is 49.9 Å². The van der Waals surface area contributed by atoms with Gasteiger partial charge >= 0.3 is 6.03 Å². The molecular weight excluding hydrogens is 380 g/mol. The number of ether oxygens (including phenoxy) is 1. The van der Waals surface area contributed by atoms with Gasteiger partial charge in [-0.15, -0.1) is 5.10 Å². The van der Waals surface area contributed by atoms with Crippen LogP contribution >= 0.6 is 0 Å². The van der Waals surface area contributed by atoms with E-state index in [4.69, 9.17) is 4.74 Å². The van der Waals surface area contributed by atoms with E-state index in [0.717, 1.165) is 68.1 Å². The minimum atomic E-state index is -0.177. The first-order valence-electron chi connectivity index (χ1n) is 10.9. The van der Waals surface area contributed by atoms with Crippen LogP contribution in [-0.4, -0.2) is 56.4 Å². The molecule has 2 aromatic rings. The minimum absolute atomic E-state index is 0.0767. The summed E-state index contributed by atoms with van der Waals surface area (Å²) < 4.78 is 7.56. The molecule has 8 heteroatoms. The van der Waals surface area contributed by atoms with Crippen molar-refractivity contribution in [3.05, 3.63) is 30.6 Å². The molecule has 1 aromatic carbocycles. The number of tetrazole rings is 1. The van der Waals surface area contributed by atoms with Gasteiger partial charge in [0.15, 0.2) is 0 Å². The average molecular weight is 413 g/mol. The highest BCUT2D eigenvalue weighted by atomic mass is 16.5. The molecule has 1 saturated heterocycles. The average Bonchev–Trinajstić information content (AvgIpc) is 3.27. The summed E-state index contributed by atoms with van der Waals surface area (Å²) in [6, 6.07) is 7.90. The molecule has 8 nitrogen and oxygen atoms in total. The van der Waals surface area contributed by atoms with E-state index in [9.17, 15) is 4.79 Å². The van der Waals surface area contributed by atoms with E-state index in [1.54, 1.807) is 11.0 Å². The van der Waals surface area contributed by atoms with Gasteiger partial charge in [0.25, 0.3) is 0 Å². The van der Waals surface area contributed by atoms with Crippen molar-refractivity contribution in [3.8, 4) is 11.4 Å². The summed E-state index contributed by atoms with van der Waals surface area (Å²) in [7, 11) is 0. The Bertz CT molecular complexity index is 822. The molecule has 162 valence electrons. The molecule has 2 aliphatic rings.